The maximum atomic E-state index is 5.18. The van der Waals surface area contributed by atoms with E-state index in [0.29, 0.717) is 21.7 Å². The smallest absolute Gasteiger partial charge is 0.0949 e. The van der Waals surface area contributed by atoms with Crippen LogP contribution in [-0.4, -0.2) is 9.55 Å². The zero-order chi connectivity index (χ0) is 18.7. The molecule has 0 bridgehead atoms. The maximum absolute atomic E-state index is 5.18. The molecule has 0 saturated heterocycles. The number of aromatic nitrogens is 2. The molecular weight excluding hydrogens is 316 g/mol. The van der Waals surface area contributed by atoms with Crippen molar-refractivity contribution in [3.63, 3.8) is 0 Å². The Kier molecular flexibility index (Phi) is 3.19. The third kappa shape index (κ3) is 1.69. The van der Waals surface area contributed by atoms with Crippen LogP contribution >= 0.6 is 0 Å². The van der Waals surface area contributed by atoms with Gasteiger partial charge in [0.05, 0.1) is 12.0 Å². The van der Waals surface area contributed by atoms with E-state index in [1.165, 1.54) is 44.2 Å². The fourth-order valence-corrected chi connectivity index (χ4v) is 8.58. The highest BCUT2D eigenvalue weighted by molar-refractivity contribution is 5.48. The first-order valence-corrected chi connectivity index (χ1v) is 11.1. The first-order chi connectivity index (χ1) is 12.1. The molecule has 144 valence electrons. The van der Waals surface area contributed by atoms with Gasteiger partial charge in [0.25, 0.3) is 0 Å². The number of rotatable bonds is 2. The third-order valence-electron chi connectivity index (χ3n) is 10.1. The molecule has 0 N–H and O–H groups in total. The zero-order valence-corrected chi connectivity index (χ0v) is 18.0. The number of hydrogen-bond acceptors (Lipinski definition) is 1. The number of imidazole rings is 1. The first-order valence-electron chi connectivity index (χ1n) is 11.1. The van der Waals surface area contributed by atoms with E-state index in [9.17, 15) is 0 Å². The van der Waals surface area contributed by atoms with Crippen molar-refractivity contribution in [3.8, 4) is 0 Å². The normalized spacial score (nSPS) is 47.8. The minimum absolute atomic E-state index is 0.347. The van der Waals surface area contributed by atoms with E-state index in [1.54, 1.807) is 5.69 Å². The van der Waals surface area contributed by atoms with Gasteiger partial charge in [0.15, 0.2) is 0 Å². The summed E-state index contributed by atoms with van der Waals surface area (Å²) in [5, 5.41) is 0. The molecule has 0 amide bonds. The van der Waals surface area contributed by atoms with Gasteiger partial charge >= 0.3 is 0 Å². The van der Waals surface area contributed by atoms with E-state index < -0.39 is 0 Å². The SMILES string of the molecule is CC1CCC2C(C)(C)C2(c2ncn(C)c2C23CC(C)CCC2C3(C)C)C1. The summed E-state index contributed by atoms with van der Waals surface area (Å²) in [5.41, 5.74) is 4.75. The standard InChI is InChI=1S/C24H38N2/c1-15-8-10-17-21(3,4)23(17,12-15)19-20(26(7)14-25-19)24-13-16(2)9-11-18(24)22(24,5)6/h14-18H,8-13H2,1-7H3. The van der Waals surface area contributed by atoms with Crippen LogP contribution in [0.3, 0.4) is 0 Å². The Hall–Kier alpha value is -0.790. The number of hydrogen-bond donors (Lipinski definition) is 0. The average molecular weight is 355 g/mol. The second kappa shape index (κ2) is 4.78. The van der Waals surface area contributed by atoms with E-state index in [0.717, 1.165) is 23.7 Å². The molecule has 26 heavy (non-hydrogen) atoms. The molecule has 1 aromatic rings. The quantitative estimate of drug-likeness (QED) is 0.651. The monoisotopic (exact) mass is 354 g/mol. The van der Waals surface area contributed by atoms with Crippen LogP contribution in [0.2, 0.25) is 0 Å². The van der Waals surface area contributed by atoms with Crippen LogP contribution in [0.5, 0.6) is 0 Å². The zero-order valence-electron chi connectivity index (χ0n) is 18.0. The first kappa shape index (κ1) is 17.3. The highest BCUT2D eigenvalue weighted by atomic mass is 15.1. The van der Waals surface area contributed by atoms with Crippen LogP contribution in [0.1, 0.15) is 91.5 Å². The van der Waals surface area contributed by atoms with E-state index in [2.05, 4.69) is 59.5 Å². The molecule has 1 aromatic heterocycles. The fraction of sp³-hybridized carbons (Fsp3) is 0.875. The Morgan fingerprint density at radius 1 is 0.846 bits per heavy atom. The Morgan fingerprint density at radius 3 is 1.96 bits per heavy atom. The highest BCUT2D eigenvalue weighted by Gasteiger charge is 2.78. The summed E-state index contributed by atoms with van der Waals surface area (Å²) in [5.74, 6) is 3.39. The molecule has 5 rings (SSSR count). The molecule has 4 fully saturated rings. The van der Waals surface area contributed by atoms with Crippen molar-refractivity contribution in [1.29, 1.82) is 0 Å². The molecule has 4 aliphatic rings. The van der Waals surface area contributed by atoms with E-state index >= 15 is 0 Å². The highest BCUT2D eigenvalue weighted by Crippen LogP contribution is 2.80. The van der Waals surface area contributed by atoms with E-state index in [-0.39, 0.29) is 0 Å². The lowest BCUT2D eigenvalue weighted by Crippen LogP contribution is -2.31. The van der Waals surface area contributed by atoms with Gasteiger partial charge in [-0.25, -0.2) is 4.98 Å². The average Bonchev–Trinajstić information content (AvgIpc) is 3.10. The van der Waals surface area contributed by atoms with Gasteiger partial charge in [-0.05, 0) is 60.2 Å². The minimum atomic E-state index is 0.347. The van der Waals surface area contributed by atoms with Crippen molar-refractivity contribution in [3.05, 3.63) is 17.7 Å². The number of nitrogens with zero attached hydrogens (tertiary/aromatic N) is 2. The largest absolute Gasteiger partial charge is 0.337 e. The van der Waals surface area contributed by atoms with Gasteiger partial charge in [-0.2, -0.15) is 0 Å². The molecule has 0 radical (unpaired) electrons. The maximum Gasteiger partial charge on any atom is 0.0949 e. The molecule has 2 heteroatoms. The predicted molar refractivity (Wildman–Crippen MR) is 107 cm³/mol. The topological polar surface area (TPSA) is 17.8 Å². The molecule has 6 unspecified atom stereocenters. The molecule has 6 atom stereocenters. The Bertz CT molecular complexity index is 756. The number of aryl methyl sites for hydroxylation is 1. The second-order valence-electron chi connectivity index (χ2n) is 11.8. The van der Waals surface area contributed by atoms with Gasteiger partial charge in [0, 0.05) is 23.6 Å². The van der Waals surface area contributed by atoms with Gasteiger partial charge in [0.1, 0.15) is 0 Å². The third-order valence-corrected chi connectivity index (χ3v) is 10.1. The Balaban J connectivity index is 1.67. The predicted octanol–water partition coefficient (Wildman–Crippen LogP) is 5.85. The van der Waals surface area contributed by atoms with Gasteiger partial charge < -0.3 is 4.57 Å². The molecule has 4 aliphatic carbocycles. The Morgan fingerprint density at radius 2 is 1.35 bits per heavy atom. The molecule has 2 nitrogen and oxygen atoms in total. The summed E-state index contributed by atoms with van der Waals surface area (Å²) >= 11 is 0. The fourth-order valence-electron chi connectivity index (χ4n) is 8.58. The van der Waals surface area contributed by atoms with Crippen molar-refractivity contribution in [2.24, 2.45) is 41.5 Å². The van der Waals surface area contributed by atoms with Crippen molar-refractivity contribution in [1.82, 2.24) is 9.55 Å². The summed E-state index contributed by atoms with van der Waals surface area (Å²) in [6.07, 6.45) is 10.5. The van der Waals surface area contributed by atoms with Crippen LogP contribution in [-0.2, 0) is 17.9 Å². The summed E-state index contributed by atoms with van der Waals surface area (Å²) in [7, 11) is 2.28. The lowest BCUT2D eigenvalue weighted by molar-refractivity contribution is 0.296. The molecular formula is C24H38N2. The van der Waals surface area contributed by atoms with Crippen molar-refractivity contribution < 1.29 is 0 Å². The van der Waals surface area contributed by atoms with Crippen molar-refractivity contribution >= 4 is 0 Å². The molecule has 4 saturated carbocycles. The van der Waals surface area contributed by atoms with E-state index in [1.807, 2.05) is 0 Å². The number of fused-ring (bicyclic) bond motifs is 2. The van der Waals surface area contributed by atoms with Crippen LogP contribution < -0.4 is 0 Å². The molecule has 0 spiro atoms. The van der Waals surface area contributed by atoms with Crippen LogP contribution in [0.15, 0.2) is 6.33 Å². The summed E-state index contributed by atoms with van der Waals surface area (Å²) in [4.78, 5) is 5.18. The van der Waals surface area contributed by atoms with Gasteiger partial charge in [-0.3, -0.25) is 0 Å². The van der Waals surface area contributed by atoms with Gasteiger partial charge in [-0.15, -0.1) is 0 Å². The lowest BCUT2D eigenvalue weighted by Gasteiger charge is -2.33. The summed E-state index contributed by atoms with van der Waals surface area (Å²) in [6.45, 7) is 15.1. The van der Waals surface area contributed by atoms with Gasteiger partial charge in [-0.1, -0.05) is 54.4 Å². The van der Waals surface area contributed by atoms with Gasteiger partial charge in [0.2, 0.25) is 0 Å². The summed E-state index contributed by atoms with van der Waals surface area (Å²) in [6, 6.07) is 0. The lowest BCUT2D eigenvalue weighted by atomic mass is 9.72. The second-order valence-corrected chi connectivity index (χ2v) is 11.8. The Labute approximate surface area is 160 Å². The van der Waals surface area contributed by atoms with Crippen LogP contribution in [0.4, 0.5) is 0 Å². The summed E-state index contributed by atoms with van der Waals surface area (Å²) < 4.78 is 2.44. The molecule has 1 heterocycles. The van der Waals surface area contributed by atoms with E-state index in [4.69, 9.17) is 4.98 Å². The van der Waals surface area contributed by atoms with Crippen molar-refractivity contribution in [2.75, 3.05) is 0 Å². The van der Waals surface area contributed by atoms with Crippen LogP contribution in [0, 0.1) is 34.5 Å². The minimum Gasteiger partial charge on any atom is -0.337 e. The van der Waals surface area contributed by atoms with Crippen LogP contribution in [0.25, 0.3) is 0 Å². The van der Waals surface area contributed by atoms with Crippen molar-refractivity contribution in [2.45, 2.75) is 90.9 Å². The molecule has 0 aromatic carbocycles. The molecule has 0 aliphatic heterocycles.